The minimum atomic E-state index is -0.986. The second-order valence-electron chi connectivity index (χ2n) is 1.97. The summed E-state index contributed by atoms with van der Waals surface area (Å²) in [7, 11) is 0. The van der Waals surface area contributed by atoms with Crippen LogP contribution in [0.4, 0.5) is 8.78 Å². The highest BCUT2D eigenvalue weighted by atomic mass is 32.1. The highest BCUT2D eigenvalue weighted by Crippen LogP contribution is 2.10. The van der Waals surface area contributed by atoms with Gasteiger partial charge in [0.05, 0.1) is 0 Å². The van der Waals surface area contributed by atoms with Crippen molar-refractivity contribution in [3.05, 3.63) is 35.4 Å². The van der Waals surface area contributed by atoms with E-state index in [0.29, 0.717) is 0 Å². The van der Waals surface area contributed by atoms with Crippen LogP contribution in [0.2, 0.25) is 0 Å². The summed E-state index contributed by atoms with van der Waals surface area (Å²) in [6.45, 7) is 0. The first kappa shape index (κ1) is 8.07. The topological polar surface area (TPSA) is 26.0 Å². The molecule has 0 aliphatic carbocycles. The van der Waals surface area contributed by atoms with Crippen LogP contribution in [-0.4, -0.2) is 4.99 Å². The molecule has 0 fully saturated rings. The van der Waals surface area contributed by atoms with Gasteiger partial charge in [0.25, 0.3) is 0 Å². The van der Waals surface area contributed by atoms with Gasteiger partial charge in [0.1, 0.15) is 4.99 Å². The first-order valence-electron chi connectivity index (χ1n) is 2.86. The Balaban J connectivity index is 3.27. The van der Waals surface area contributed by atoms with E-state index in [-0.39, 0.29) is 10.6 Å². The minimum absolute atomic E-state index is 0.0556. The van der Waals surface area contributed by atoms with E-state index in [2.05, 4.69) is 12.2 Å². The van der Waals surface area contributed by atoms with E-state index in [1.165, 1.54) is 12.1 Å². The molecular weight excluding hydrogens is 168 g/mol. The van der Waals surface area contributed by atoms with Gasteiger partial charge in [-0.3, -0.25) is 0 Å². The van der Waals surface area contributed by atoms with Gasteiger partial charge >= 0.3 is 0 Å². The first-order valence-corrected chi connectivity index (χ1v) is 3.27. The maximum Gasteiger partial charge on any atom is 0.168 e. The molecule has 0 spiro atoms. The molecule has 1 aromatic rings. The molecule has 0 radical (unpaired) electrons. The first-order chi connectivity index (χ1) is 5.13. The van der Waals surface area contributed by atoms with Crippen LogP contribution < -0.4 is 5.73 Å². The van der Waals surface area contributed by atoms with Crippen LogP contribution in [0.3, 0.4) is 0 Å². The van der Waals surface area contributed by atoms with E-state index in [0.717, 1.165) is 6.07 Å². The minimum Gasteiger partial charge on any atom is -0.389 e. The summed E-state index contributed by atoms with van der Waals surface area (Å²) in [5.74, 6) is -1.92. The lowest BCUT2D eigenvalue weighted by Gasteiger charge is -1.99. The molecule has 1 rings (SSSR count). The molecule has 0 aromatic heterocycles. The fraction of sp³-hybridized carbons (Fsp3) is 0. The molecule has 0 saturated heterocycles. The Bertz CT molecular complexity index is 298. The Morgan fingerprint density at radius 1 is 1.36 bits per heavy atom. The van der Waals surface area contributed by atoms with Crippen molar-refractivity contribution in [3.8, 4) is 0 Å². The smallest absolute Gasteiger partial charge is 0.168 e. The van der Waals surface area contributed by atoms with Gasteiger partial charge in [-0.05, 0) is 12.1 Å². The molecule has 2 N–H and O–H groups in total. The fourth-order valence-electron chi connectivity index (χ4n) is 0.694. The van der Waals surface area contributed by atoms with Gasteiger partial charge in [-0.15, -0.1) is 0 Å². The molecule has 0 aliphatic rings. The van der Waals surface area contributed by atoms with Crippen LogP contribution in [0.1, 0.15) is 5.56 Å². The van der Waals surface area contributed by atoms with Crippen molar-refractivity contribution in [2.75, 3.05) is 0 Å². The second-order valence-corrected chi connectivity index (χ2v) is 2.41. The molecule has 0 saturated carbocycles. The largest absolute Gasteiger partial charge is 0.389 e. The summed E-state index contributed by atoms with van der Waals surface area (Å²) in [4.78, 5) is -0.137. The molecule has 1 nitrogen and oxygen atoms in total. The van der Waals surface area contributed by atoms with Crippen LogP contribution in [0.5, 0.6) is 0 Å². The molecule has 0 amide bonds. The number of rotatable bonds is 1. The Kier molecular flexibility index (Phi) is 2.14. The highest BCUT2D eigenvalue weighted by Gasteiger charge is 2.08. The van der Waals surface area contributed by atoms with Gasteiger partial charge in [-0.2, -0.15) is 0 Å². The third kappa shape index (κ3) is 1.51. The second kappa shape index (κ2) is 2.92. The standard InChI is InChI=1S/C7H5F2NS/c8-5-3-1-2-4(6(5)9)7(10)11/h1-3H,(H2,10,11). The monoisotopic (exact) mass is 173 g/mol. The zero-order chi connectivity index (χ0) is 8.43. The molecule has 11 heavy (non-hydrogen) atoms. The average molecular weight is 173 g/mol. The Morgan fingerprint density at radius 2 is 2.00 bits per heavy atom. The van der Waals surface area contributed by atoms with Crippen molar-refractivity contribution in [1.29, 1.82) is 0 Å². The van der Waals surface area contributed by atoms with Crippen LogP contribution in [0, 0.1) is 11.6 Å². The predicted octanol–water partition coefficient (Wildman–Crippen LogP) is 1.60. The molecule has 0 atom stereocenters. The van der Waals surface area contributed by atoms with Crippen molar-refractivity contribution in [2.24, 2.45) is 5.73 Å². The Labute approximate surface area is 67.8 Å². The lowest BCUT2D eigenvalue weighted by molar-refractivity contribution is 0.507. The number of nitrogens with two attached hydrogens (primary N) is 1. The molecule has 0 bridgehead atoms. The van der Waals surface area contributed by atoms with E-state index in [1.54, 1.807) is 0 Å². The van der Waals surface area contributed by atoms with Gasteiger partial charge in [-0.1, -0.05) is 18.3 Å². The average Bonchev–Trinajstić information content (AvgIpc) is 1.94. The molecule has 1 aromatic carbocycles. The summed E-state index contributed by atoms with van der Waals surface area (Å²) in [5, 5.41) is 0. The Morgan fingerprint density at radius 3 is 2.45 bits per heavy atom. The lowest BCUT2D eigenvalue weighted by Crippen LogP contribution is -2.12. The molecule has 0 unspecified atom stereocenters. The third-order valence-corrected chi connectivity index (χ3v) is 1.44. The molecule has 0 heterocycles. The third-order valence-electron chi connectivity index (χ3n) is 1.22. The number of hydrogen-bond donors (Lipinski definition) is 1. The van der Waals surface area contributed by atoms with E-state index in [9.17, 15) is 8.78 Å². The van der Waals surface area contributed by atoms with Gasteiger partial charge in [0.2, 0.25) is 0 Å². The van der Waals surface area contributed by atoms with Crippen LogP contribution in [0.15, 0.2) is 18.2 Å². The van der Waals surface area contributed by atoms with Crippen molar-refractivity contribution >= 4 is 17.2 Å². The van der Waals surface area contributed by atoms with Crippen molar-refractivity contribution in [2.45, 2.75) is 0 Å². The normalized spacial score (nSPS) is 9.64. The van der Waals surface area contributed by atoms with Crippen LogP contribution in [-0.2, 0) is 0 Å². The van der Waals surface area contributed by atoms with E-state index < -0.39 is 11.6 Å². The number of hydrogen-bond acceptors (Lipinski definition) is 1. The summed E-state index contributed by atoms with van der Waals surface area (Å²) in [6, 6.07) is 3.70. The lowest BCUT2D eigenvalue weighted by atomic mass is 10.2. The number of halogens is 2. The quantitative estimate of drug-likeness (QED) is 0.653. The van der Waals surface area contributed by atoms with Gasteiger partial charge < -0.3 is 5.73 Å². The fourth-order valence-corrected chi connectivity index (χ4v) is 0.852. The number of thiocarbonyl (C=S) groups is 1. The highest BCUT2D eigenvalue weighted by molar-refractivity contribution is 7.80. The van der Waals surface area contributed by atoms with Crippen LogP contribution >= 0.6 is 12.2 Å². The molecule has 4 heteroatoms. The van der Waals surface area contributed by atoms with Gasteiger partial charge in [0, 0.05) is 5.56 Å². The maximum absolute atomic E-state index is 12.7. The summed E-state index contributed by atoms with van der Waals surface area (Å²) in [6.07, 6.45) is 0. The maximum atomic E-state index is 12.7. The van der Waals surface area contributed by atoms with Crippen molar-refractivity contribution in [3.63, 3.8) is 0 Å². The predicted molar refractivity (Wildman–Crippen MR) is 42.2 cm³/mol. The van der Waals surface area contributed by atoms with Crippen molar-refractivity contribution < 1.29 is 8.78 Å². The summed E-state index contributed by atoms with van der Waals surface area (Å²) < 4.78 is 25.2. The molecular formula is C7H5F2NS. The zero-order valence-corrected chi connectivity index (χ0v) is 6.29. The van der Waals surface area contributed by atoms with E-state index >= 15 is 0 Å². The summed E-state index contributed by atoms with van der Waals surface area (Å²) >= 11 is 4.48. The zero-order valence-electron chi connectivity index (χ0n) is 5.47. The molecule has 58 valence electrons. The summed E-state index contributed by atoms with van der Waals surface area (Å²) in [5.41, 5.74) is 5.05. The van der Waals surface area contributed by atoms with Gasteiger partial charge in [-0.25, -0.2) is 8.78 Å². The van der Waals surface area contributed by atoms with E-state index in [4.69, 9.17) is 5.73 Å². The molecule has 0 aliphatic heterocycles. The van der Waals surface area contributed by atoms with Crippen LogP contribution in [0.25, 0.3) is 0 Å². The van der Waals surface area contributed by atoms with E-state index in [1.807, 2.05) is 0 Å². The SMILES string of the molecule is NC(=S)c1cccc(F)c1F. The Hall–Kier alpha value is -1.03. The van der Waals surface area contributed by atoms with Gasteiger partial charge in [0.15, 0.2) is 11.6 Å². The number of benzene rings is 1. The van der Waals surface area contributed by atoms with Crippen molar-refractivity contribution in [1.82, 2.24) is 0 Å².